The van der Waals surface area contributed by atoms with E-state index < -0.39 is 36.1 Å². The third-order valence-electron chi connectivity index (χ3n) is 8.43. The Morgan fingerprint density at radius 3 is 2.44 bits per heavy atom. The molecular formula is C32H44F3N5O3. The van der Waals surface area contributed by atoms with E-state index in [1.165, 1.54) is 19.1 Å². The van der Waals surface area contributed by atoms with Gasteiger partial charge in [-0.15, -0.1) is 0 Å². The molecule has 1 atom stereocenters. The van der Waals surface area contributed by atoms with Gasteiger partial charge in [0.05, 0.1) is 18.7 Å². The van der Waals surface area contributed by atoms with Crippen molar-refractivity contribution in [1.29, 1.82) is 0 Å². The maximum Gasteiger partial charge on any atom is 0.416 e. The number of halogens is 3. The molecule has 11 heteroatoms. The van der Waals surface area contributed by atoms with Gasteiger partial charge in [0.1, 0.15) is 11.8 Å². The second-order valence-electron chi connectivity index (χ2n) is 11.6. The zero-order valence-corrected chi connectivity index (χ0v) is 25.2. The largest absolute Gasteiger partial charge is 0.494 e. The molecule has 2 aliphatic rings. The van der Waals surface area contributed by atoms with Crippen LogP contribution in [0.3, 0.4) is 0 Å². The Kier molecular flexibility index (Phi) is 11.5. The highest BCUT2D eigenvalue weighted by molar-refractivity contribution is 6.02. The number of ether oxygens (including phenoxy) is 1. The van der Waals surface area contributed by atoms with Gasteiger partial charge in [0, 0.05) is 44.5 Å². The van der Waals surface area contributed by atoms with Gasteiger partial charge in [0.15, 0.2) is 0 Å². The van der Waals surface area contributed by atoms with Crippen LogP contribution in [0.2, 0.25) is 0 Å². The quantitative estimate of drug-likeness (QED) is 0.368. The van der Waals surface area contributed by atoms with Crippen molar-refractivity contribution in [3.8, 4) is 5.75 Å². The van der Waals surface area contributed by atoms with Gasteiger partial charge in [-0.05, 0) is 68.6 Å². The first-order valence-corrected chi connectivity index (χ1v) is 15.2. The van der Waals surface area contributed by atoms with Crippen molar-refractivity contribution in [3.63, 3.8) is 0 Å². The van der Waals surface area contributed by atoms with Gasteiger partial charge >= 0.3 is 6.18 Å². The van der Waals surface area contributed by atoms with Crippen LogP contribution in [0.1, 0.15) is 61.3 Å². The van der Waals surface area contributed by atoms with Crippen molar-refractivity contribution in [3.05, 3.63) is 59.2 Å². The van der Waals surface area contributed by atoms with Crippen molar-refractivity contribution in [2.45, 2.75) is 63.7 Å². The lowest BCUT2D eigenvalue weighted by Crippen LogP contribution is -2.49. The van der Waals surface area contributed by atoms with Gasteiger partial charge in [-0.2, -0.15) is 13.2 Å². The molecule has 1 aliphatic heterocycles. The van der Waals surface area contributed by atoms with E-state index >= 15 is 0 Å². The lowest BCUT2D eigenvalue weighted by Gasteiger charge is -2.34. The summed E-state index contributed by atoms with van der Waals surface area (Å²) in [5.41, 5.74) is 5.19. The second kappa shape index (κ2) is 15.0. The lowest BCUT2D eigenvalue weighted by molar-refractivity contribution is -0.138. The number of nitrogens with two attached hydrogens (primary N) is 1. The molecule has 1 unspecified atom stereocenters. The fourth-order valence-corrected chi connectivity index (χ4v) is 5.98. The molecule has 1 saturated heterocycles. The Labute approximate surface area is 252 Å². The highest BCUT2D eigenvalue weighted by atomic mass is 19.4. The SMILES string of the molecule is Cc1c(N(C(=O)CN)C(C(=O)NC2CCCCC2)c2cccc(OCCCN3CCN(C)CC3)c2)cccc1C(F)(F)F. The number of piperazine rings is 1. The fourth-order valence-electron chi connectivity index (χ4n) is 5.98. The number of carbonyl (C=O) groups excluding carboxylic acids is 2. The average molecular weight is 604 g/mol. The predicted molar refractivity (Wildman–Crippen MR) is 161 cm³/mol. The molecule has 1 aliphatic carbocycles. The third-order valence-corrected chi connectivity index (χ3v) is 8.43. The second-order valence-corrected chi connectivity index (χ2v) is 11.6. The topological polar surface area (TPSA) is 91.1 Å². The molecular weight excluding hydrogens is 559 g/mol. The highest BCUT2D eigenvalue weighted by Crippen LogP contribution is 2.39. The first-order valence-electron chi connectivity index (χ1n) is 15.2. The van der Waals surface area contributed by atoms with E-state index in [4.69, 9.17) is 10.5 Å². The Balaban J connectivity index is 1.62. The van der Waals surface area contributed by atoms with Crippen LogP contribution in [0, 0.1) is 6.92 Å². The number of alkyl halides is 3. The summed E-state index contributed by atoms with van der Waals surface area (Å²) in [5.74, 6) is -0.602. The number of rotatable bonds is 11. The van der Waals surface area contributed by atoms with E-state index in [0.29, 0.717) is 17.9 Å². The standard InChI is InChI=1S/C32H44F3N5O3/c1-23-27(32(33,34)35)13-7-14-28(23)40(29(41)22-36)30(31(42)37-25-10-4-3-5-11-25)24-9-6-12-26(21-24)43-20-8-15-39-18-16-38(2)17-19-39/h6-7,9,12-14,21,25,30H,3-5,8,10-11,15-20,22,36H2,1-2H3,(H,37,42). The van der Waals surface area contributed by atoms with E-state index in [1.807, 2.05) is 0 Å². The molecule has 8 nitrogen and oxygen atoms in total. The van der Waals surface area contributed by atoms with Crippen LogP contribution in [0.15, 0.2) is 42.5 Å². The minimum absolute atomic E-state index is 0.00688. The zero-order valence-electron chi connectivity index (χ0n) is 25.2. The Bertz CT molecular complexity index is 1230. The molecule has 236 valence electrons. The number of benzene rings is 2. The molecule has 2 amide bonds. The Hall–Kier alpha value is -3.15. The first kappa shape index (κ1) is 32.8. The normalized spacial score (nSPS) is 17.8. The summed E-state index contributed by atoms with van der Waals surface area (Å²) in [5, 5.41) is 3.08. The smallest absolute Gasteiger partial charge is 0.416 e. The summed E-state index contributed by atoms with van der Waals surface area (Å²) in [6.45, 7) is 6.32. The molecule has 2 aromatic carbocycles. The number of nitrogens with zero attached hydrogens (tertiary/aromatic N) is 3. The maximum absolute atomic E-state index is 14.0. The van der Waals surface area contributed by atoms with E-state index in [9.17, 15) is 22.8 Å². The molecule has 0 radical (unpaired) electrons. The number of hydrogen-bond donors (Lipinski definition) is 2. The average Bonchev–Trinajstić information content (AvgIpc) is 2.99. The van der Waals surface area contributed by atoms with Gasteiger partial charge in [0.2, 0.25) is 11.8 Å². The van der Waals surface area contributed by atoms with Gasteiger partial charge in [-0.25, -0.2) is 0 Å². The third kappa shape index (κ3) is 8.70. The molecule has 3 N–H and O–H groups in total. The van der Waals surface area contributed by atoms with Crippen molar-refractivity contribution >= 4 is 17.5 Å². The number of hydrogen-bond acceptors (Lipinski definition) is 6. The number of likely N-dealkylation sites (N-methyl/N-ethyl adjacent to an activating group) is 1. The zero-order chi connectivity index (χ0) is 31.0. The van der Waals surface area contributed by atoms with Gasteiger partial charge in [0.25, 0.3) is 0 Å². The van der Waals surface area contributed by atoms with Gasteiger partial charge in [-0.3, -0.25) is 14.5 Å². The van der Waals surface area contributed by atoms with E-state index in [-0.39, 0.29) is 17.3 Å². The number of anilines is 1. The first-order chi connectivity index (χ1) is 20.6. The van der Waals surface area contributed by atoms with Gasteiger partial charge in [-0.1, -0.05) is 37.5 Å². The summed E-state index contributed by atoms with van der Waals surface area (Å²) >= 11 is 0. The Morgan fingerprint density at radius 1 is 1.07 bits per heavy atom. The molecule has 4 rings (SSSR count). The molecule has 1 saturated carbocycles. The number of amides is 2. The van der Waals surface area contributed by atoms with Crippen molar-refractivity contribution in [1.82, 2.24) is 15.1 Å². The van der Waals surface area contributed by atoms with Crippen LogP contribution >= 0.6 is 0 Å². The summed E-state index contributed by atoms with van der Waals surface area (Å²) in [4.78, 5) is 33.2. The molecule has 1 heterocycles. The van der Waals surface area contributed by atoms with Crippen LogP contribution in [-0.2, 0) is 15.8 Å². The minimum Gasteiger partial charge on any atom is -0.494 e. The van der Waals surface area contributed by atoms with Crippen LogP contribution in [0.4, 0.5) is 18.9 Å². The fraction of sp³-hybridized carbons (Fsp3) is 0.562. The van der Waals surface area contributed by atoms with Crippen molar-refractivity contribution in [2.24, 2.45) is 5.73 Å². The van der Waals surface area contributed by atoms with Crippen LogP contribution in [0.25, 0.3) is 0 Å². The van der Waals surface area contributed by atoms with E-state index in [2.05, 4.69) is 22.2 Å². The number of nitrogens with one attached hydrogen (secondary N) is 1. The summed E-state index contributed by atoms with van der Waals surface area (Å²) in [6.07, 6.45) is 0.850. The maximum atomic E-state index is 14.0. The molecule has 2 fully saturated rings. The van der Waals surface area contributed by atoms with Gasteiger partial charge < -0.3 is 25.6 Å². The predicted octanol–water partition coefficient (Wildman–Crippen LogP) is 4.51. The summed E-state index contributed by atoms with van der Waals surface area (Å²) in [6, 6.07) is 9.23. The summed E-state index contributed by atoms with van der Waals surface area (Å²) < 4.78 is 47.7. The Morgan fingerprint density at radius 2 is 1.77 bits per heavy atom. The minimum atomic E-state index is -4.63. The molecule has 0 aromatic heterocycles. The molecule has 43 heavy (non-hydrogen) atoms. The van der Waals surface area contributed by atoms with E-state index in [1.54, 1.807) is 24.3 Å². The monoisotopic (exact) mass is 603 g/mol. The van der Waals surface area contributed by atoms with E-state index in [0.717, 1.165) is 82.2 Å². The lowest BCUT2D eigenvalue weighted by atomic mass is 9.94. The molecule has 2 aromatic rings. The molecule has 0 spiro atoms. The number of carbonyl (C=O) groups is 2. The van der Waals surface area contributed by atoms with Crippen LogP contribution in [-0.4, -0.2) is 80.6 Å². The highest BCUT2D eigenvalue weighted by Gasteiger charge is 2.38. The van der Waals surface area contributed by atoms with Crippen LogP contribution < -0.4 is 20.7 Å². The van der Waals surface area contributed by atoms with Crippen molar-refractivity contribution in [2.75, 3.05) is 57.8 Å². The van der Waals surface area contributed by atoms with Crippen molar-refractivity contribution < 1.29 is 27.5 Å². The van der Waals surface area contributed by atoms with Crippen LogP contribution in [0.5, 0.6) is 5.75 Å². The molecule has 0 bridgehead atoms. The summed E-state index contributed by atoms with van der Waals surface area (Å²) in [7, 11) is 2.12.